The first-order chi connectivity index (χ1) is 14.4. The van der Waals surface area contributed by atoms with E-state index in [9.17, 15) is 19.6 Å². The largest absolute Gasteiger partial charge is 0.360 e. The Morgan fingerprint density at radius 1 is 1.43 bits per heavy atom. The number of hydroxylamine groups is 2. The van der Waals surface area contributed by atoms with E-state index in [1.165, 1.54) is 0 Å². The van der Waals surface area contributed by atoms with Gasteiger partial charge >= 0.3 is 0 Å². The molecule has 2 aliphatic carbocycles. The van der Waals surface area contributed by atoms with Crippen LogP contribution in [0.2, 0.25) is 0 Å². The fraction of sp³-hybridized carbons (Fsp3) is 0.714. The Hall–Kier alpha value is -2.42. The summed E-state index contributed by atoms with van der Waals surface area (Å²) in [7, 11) is 0. The number of hydrogen-bond acceptors (Lipinski definition) is 6. The molecule has 2 heterocycles. The van der Waals surface area contributed by atoms with Crippen LogP contribution in [-0.4, -0.2) is 57.7 Å². The van der Waals surface area contributed by atoms with Crippen molar-refractivity contribution in [3.63, 3.8) is 0 Å². The molecule has 0 bridgehead atoms. The van der Waals surface area contributed by atoms with Crippen LogP contribution in [0.4, 0.5) is 5.82 Å². The fourth-order valence-electron chi connectivity index (χ4n) is 5.10. The summed E-state index contributed by atoms with van der Waals surface area (Å²) in [5.74, 6) is 0.423. The molecule has 1 aliphatic heterocycles. The number of nitrogens with one attached hydrogen (secondary N) is 1. The maximum Gasteiger partial charge on any atom is 0.248 e. The summed E-state index contributed by atoms with van der Waals surface area (Å²) in [6.45, 7) is 2.25. The summed E-state index contributed by atoms with van der Waals surface area (Å²) in [5.41, 5.74) is 0.0267. The van der Waals surface area contributed by atoms with Crippen molar-refractivity contribution >= 4 is 24.0 Å². The van der Waals surface area contributed by atoms with Gasteiger partial charge in [-0.2, -0.15) is 0 Å². The lowest BCUT2D eigenvalue weighted by molar-refractivity contribution is -0.158. The third-order valence-corrected chi connectivity index (χ3v) is 6.90. The molecule has 4 rings (SSSR count). The molecular formula is C21H30N4O5. The van der Waals surface area contributed by atoms with Crippen LogP contribution in [0, 0.1) is 24.2 Å². The molecule has 3 fully saturated rings. The molecule has 1 saturated heterocycles. The van der Waals surface area contributed by atoms with Crippen molar-refractivity contribution in [3.8, 4) is 0 Å². The highest BCUT2D eigenvalue weighted by molar-refractivity contribution is 5.97. The molecular weight excluding hydrogens is 388 g/mol. The molecule has 1 aromatic heterocycles. The smallest absolute Gasteiger partial charge is 0.248 e. The Bertz CT molecular complexity index is 799. The van der Waals surface area contributed by atoms with Crippen LogP contribution in [0.3, 0.4) is 0 Å². The van der Waals surface area contributed by atoms with Crippen molar-refractivity contribution in [1.82, 2.24) is 15.1 Å². The number of hydrogen-bond donors (Lipinski definition) is 2. The van der Waals surface area contributed by atoms with Gasteiger partial charge in [0.15, 0.2) is 5.82 Å². The van der Waals surface area contributed by atoms with Crippen LogP contribution >= 0.6 is 0 Å². The first-order valence-electron chi connectivity index (χ1n) is 10.8. The Balaban J connectivity index is 1.50. The number of carbonyl (C=O) groups is 3. The third kappa shape index (κ3) is 4.50. The van der Waals surface area contributed by atoms with Crippen molar-refractivity contribution in [1.29, 1.82) is 0 Å². The molecule has 3 amide bonds. The molecule has 3 aliphatic rings. The van der Waals surface area contributed by atoms with E-state index in [4.69, 9.17) is 4.52 Å². The second-order valence-corrected chi connectivity index (χ2v) is 9.31. The highest BCUT2D eigenvalue weighted by atomic mass is 16.5. The van der Waals surface area contributed by atoms with Crippen molar-refractivity contribution in [2.45, 2.75) is 64.3 Å². The molecule has 2 unspecified atom stereocenters. The number of rotatable bonds is 8. The lowest BCUT2D eigenvalue weighted by Gasteiger charge is -2.30. The maximum atomic E-state index is 13.5. The van der Waals surface area contributed by atoms with Crippen LogP contribution < -0.4 is 5.32 Å². The maximum absolute atomic E-state index is 13.5. The van der Waals surface area contributed by atoms with Gasteiger partial charge in [0.05, 0.1) is 12.5 Å². The number of amides is 3. The third-order valence-electron chi connectivity index (χ3n) is 6.90. The average Bonchev–Trinajstić information content (AvgIpc) is 3.08. The summed E-state index contributed by atoms with van der Waals surface area (Å²) in [6.07, 6.45) is 8.05. The molecule has 30 heavy (non-hydrogen) atoms. The lowest BCUT2D eigenvalue weighted by Crippen LogP contribution is -2.48. The molecule has 9 heteroatoms. The first-order valence-corrected chi connectivity index (χ1v) is 10.8. The lowest BCUT2D eigenvalue weighted by atomic mass is 9.91. The highest BCUT2D eigenvalue weighted by Gasteiger charge is 2.55. The van der Waals surface area contributed by atoms with Crippen molar-refractivity contribution < 1.29 is 24.1 Å². The minimum Gasteiger partial charge on any atom is -0.360 e. The zero-order chi connectivity index (χ0) is 21.3. The van der Waals surface area contributed by atoms with E-state index < -0.39 is 12.0 Å². The average molecular weight is 418 g/mol. The van der Waals surface area contributed by atoms with Gasteiger partial charge in [0.25, 0.3) is 0 Å². The van der Waals surface area contributed by atoms with Gasteiger partial charge in [-0.25, -0.2) is 5.06 Å². The van der Waals surface area contributed by atoms with E-state index >= 15 is 0 Å². The van der Waals surface area contributed by atoms with Gasteiger partial charge in [0, 0.05) is 12.6 Å². The molecule has 2 atom stereocenters. The summed E-state index contributed by atoms with van der Waals surface area (Å²) in [5, 5.41) is 16.9. The highest BCUT2D eigenvalue weighted by Crippen LogP contribution is 2.55. The molecule has 2 saturated carbocycles. The SMILES string of the molecule is Cc1cc(NC(=O)C2CC3(CC3)CN2C(=O)C(CC2CCCC2)CN(O)C=O)no1. The topological polar surface area (TPSA) is 116 Å². The van der Waals surface area contributed by atoms with E-state index in [-0.39, 0.29) is 23.8 Å². The van der Waals surface area contributed by atoms with E-state index in [0.29, 0.717) is 48.4 Å². The predicted molar refractivity (Wildman–Crippen MR) is 106 cm³/mol. The molecule has 0 radical (unpaired) electrons. The molecule has 164 valence electrons. The second-order valence-electron chi connectivity index (χ2n) is 9.31. The Morgan fingerprint density at radius 2 is 2.17 bits per heavy atom. The zero-order valence-electron chi connectivity index (χ0n) is 17.4. The Labute approximate surface area is 175 Å². The Kier molecular flexibility index (Phi) is 5.81. The van der Waals surface area contributed by atoms with Gasteiger partial charge in [-0.05, 0) is 43.9 Å². The number of aromatic nitrogens is 1. The number of nitrogens with zero attached hydrogens (tertiary/aromatic N) is 3. The van der Waals surface area contributed by atoms with Crippen LogP contribution in [-0.2, 0) is 14.4 Å². The Morgan fingerprint density at radius 3 is 2.77 bits per heavy atom. The first kappa shape index (κ1) is 20.8. The fourth-order valence-corrected chi connectivity index (χ4v) is 5.10. The van der Waals surface area contributed by atoms with E-state index in [1.54, 1.807) is 17.9 Å². The number of carbonyl (C=O) groups excluding carboxylic acids is 3. The van der Waals surface area contributed by atoms with Crippen LogP contribution in [0.5, 0.6) is 0 Å². The summed E-state index contributed by atoms with van der Waals surface area (Å²) in [6, 6.07) is 1.06. The molecule has 0 aromatic carbocycles. The quantitative estimate of drug-likeness (QED) is 0.380. The molecule has 1 spiro atoms. The van der Waals surface area contributed by atoms with Crippen molar-refractivity contribution in [3.05, 3.63) is 11.8 Å². The number of aryl methyl sites for hydroxylation is 1. The van der Waals surface area contributed by atoms with Gasteiger partial charge < -0.3 is 14.7 Å². The van der Waals surface area contributed by atoms with Gasteiger partial charge in [0.2, 0.25) is 18.2 Å². The van der Waals surface area contributed by atoms with Crippen LogP contribution in [0.15, 0.2) is 10.6 Å². The second kappa shape index (κ2) is 8.37. The normalized spacial score (nSPS) is 23.5. The molecule has 2 N–H and O–H groups in total. The van der Waals surface area contributed by atoms with Gasteiger partial charge in [-0.3, -0.25) is 19.6 Å². The van der Waals surface area contributed by atoms with E-state index in [1.807, 2.05) is 0 Å². The predicted octanol–water partition coefficient (Wildman–Crippen LogP) is 2.35. The van der Waals surface area contributed by atoms with Gasteiger partial charge in [0.1, 0.15) is 11.8 Å². The van der Waals surface area contributed by atoms with Crippen LogP contribution in [0.25, 0.3) is 0 Å². The monoisotopic (exact) mass is 418 g/mol. The van der Waals surface area contributed by atoms with Crippen molar-refractivity contribution in [2.24, 2.45) is 17.3 Å². The summed E-state index contributed by atoms with van der Waals surface area (Å²) in [4.78, 5) is 39.2. The van der Waals surface area contributed by atoms with Gasteiger partial charge in [-0.15, -0.1) is 0 Å². The zero-order valence-corrected chi connectivity index (χ0v) is 17.4. The molecule has 9 nitrogen and oxygen atoms in total. The van der Waals surface area contributed by atoms with Crippen molar-refractivity contribution in [2.75, 3.05) is 18.4 Å². The van der Waals surface area contributed by atoms with Crippen LogP contribution in [0.1, 0.15) is 57.1 Å². The minimum atomic E-state index is -0.577. The minimum absolute atomic E-state index is 0.0267. The van der Waals surface area contributed by atoms with E-state index in [2.05, 4.69) is 10.5 Å². The van der Waals surface area contributed by atoms with Gasteiger partial charge in [-0.1, -0.05) is 30.8 Å². The molecule has 1 aromatic rings. The summed E-state index contributed by atoms with van der Waals surface area (Å²) < 4.78 is 5.01. The van der Waals surface area contributed by atoms with E-state index in [0.717, 1.165) is 38.5 Å². The number of anilines is 1. The number of likely N-dealkylation sites (tertiary alicyclic amines) is 1. The standard InChI is InChI=1S/C21H30N4O5/c1-14-8-18(23-30-14)22-19(27)17-10-21(6-7-21)12-25(17)20(28)16(11-24(29)13-26)9-15-4-2-3-5-15/h8,13,15-17,29H,2-7,9-12H2,1H3,(H,22,23,27). The summed E-state index contributed by atoms with van der Waals surface area (Å²) >= 11 is 0.